The van der Waals surface area contributed by atoms with Crippen LogP contribution in [0, 0.1) is 0 Å². The highest BCUT2D eigenvalue weighted by Crippen LogP contribution is 2.30. The van der Waals surface area contributed by atoms with Crippen molar-refractivity contribution in [3.8, 4) is 5.88 Å². The van der Waals surface area contributed by atoms with E-state index in [1.807, 2.05) is 0 Å². The van der Waals surface area contributed by atoms with E-state index < -0.39 is 17.8 Å². The van der Waals surface area contributed by atoms with Crippen LogP contribution in [0.1, 0.15) is 12.1 Å². The number of rotatable bonds is 5. The number of carbonyl (C=O) groups is 1. The van der Waals surface area contributed by atoms with Crippen molar-refractivity contribution in [1.82, 2.24) is 9.97 Å². The van der Waals surface area contributed by atoms with Crippen molar-refractivity contribution in [3.05, 3.63) is 65.6 Å². The van der Waals surface area contributed by atoms with Crippen LogP contribution >= 0.6 is 0 Å². The number of aromatic nitrogens is 2. The maximum Gasteiger partial charge on any atom is 0.433 e. The minimum absolute atomic E-state index is 0.146. The zero-order valence-corrected chi connectivity index (χ0v) is 13.9. The first-order chi connectivity index (χ1) is 12.4. The third kappa shape index (κ3) is 4.71. The van der Waals surface area contributed by atoms with Crippen molar-refractivity contribution in [1.29, 1.82) is 0 Å². The molecule has 138 valence electrons. The zero-order chi connectivity index (χ0) is 19.2. The molecule has 26 heavy (non-hydrogen) atoms. The summed E-state index contributed by atoms with van der Waals surface area (Å²) in [6, 6.07) is 0.686. The van der Waals surface area contributed by atoms with E-state index in [2.05, 4.69) is 9.97 Å². The number of allylic oxidation sites excluding steroid dienone is 4. The number of halogens is 3. The van der Waals surface area contributed by atoms with E-state index in [-0.39, 0.29) is 11.5 Å². The third-order valence-corrected chi connectivity index (χ3v) is 3.27. The molecule has 0 saturated carbocycles. The summed E-state index contributed by atoms with van der Waals surface area (Å²) in [6.07, 6.45) is 4.15. The SMILES string of the molecule is COC=C(C(=O)OC)C1=CC=CCC1=COc1cc(C(F)(F)F)ncn1. The van der Waals surface area contributed by atoms with Crippen molar-refractivity contribution < 1.29 is 32.2 Å². The van der Waals surface area contributed by atoms with Gasteiger partial charge in [0.2, 0.25) is 5.88 Å². The third-order valence-electron chi connectivity index (χ3n) is 3.27. The number of esters is 1. The average molecular weight is 368 g/mol. The van der Waals surface area contributed by atoms with Crippen LogP contribution in [0.2, 0.25) is 0 Å². The molecule has 1 aliphatic carbocycles. The van der Waals surface area contributed by atoms with Gasteiger partial charge in [-0.15, -0.1) is 0 Å². The Labute approximate surface area is 147 Å². The van der Waals surface area contributed by atoms with Gasteiger partial charge in [-0.2, -0.15) is 13.2 Å². The van der Waals surface area contributed by atoms with Gasteiger partial charge in [0.15, 0.2) is 5.69 Å². The van der Waals surface area contributed by atoms with E-state index >= 15 is 0 Å². The Bertz CT molecular complexity index is 795. The van der Waals surface area contributed by atoms with Crippen LogP contribution in [0.3, 0.4) is 0 Å². The lowest BCUT2D eigenvalue weighted by Gasteiger charge is -2.15. The highest BCUT2D eigenvalue weighted by Gasteiger charge is 2.33. The molecule has 1 aliphatic rings. The Balaban J connectivity index is 2.29. The molecule has 0 aromatic carbocycles. The summed E-state index contributed by atoms with van der Waals surface area (Å²) in [7, 11) is 2.60. The predicted molar refractivity (Wildman–Crippen MR) is 84.7 cm³/mol. The standard InChI is InChI=1S/C17H15F3N2O4/c1-24-9-13(16(23)25-2)12-6-4-3-5-11(12)8-26-15-7-14(17(18,19)20)21-10-22-15/h3-4,6-10H,5H2,1-2H3. The smallest absolute Gasteiger partial charge is 0.433 e. The Kier molecular flexibility index (Phi) is 6.16. The summed E-state index contributed by atoms with van der Waals surface area (Å²) < 4.78 is 52.9. The lowest BCUT2D eigenvalue weighted by Crippen LogP contribution is -2.11. The number of ether oxygens (including phenoxy) is 3. The fourth-order valence-corrected chi connectivity index (χ4v) is 2.09. The summed E-state index contributed by atoms with van der Waals surface area (Å²) in [5, 5.41) is 0. The molecule has 0 amide bonds. The van der Waals surface area contributed by atoms with E-state index in [1.54, 1.807) is 18.2 Å². The minimum Gasteiger partial charge on any atom is -0.503 e. The molecule has 1 aromatic heterocycles. The lowest BCUT2D eigenvalue weighted by molar-refractivity contribution is -0.141. The monoisotopic (exact) mass is 368 g/mol. The number of hydrogen-bond acceptors (Lipinski definition) is 6. The highest BCUT2D eigenvalue weighted by atomic mass is 19.4. The first kappa shape index (κ1) is 19.2. The van der Waals surface area contributed by atoms with Crippen LogP contribution in [0.15, 0.2) is 59.9 Å². The quantitative estimate of drug-likeness (QED) is 0.451. The maximum absolute atomic E-state index is 12.7. The molecule has 6 nitrogen and oxygen atoms in total. The number of methoxy groups -OCH3 is 2. The summed E-state index contributed by atoms with van der Waals surface area (Å²) in [4.78, 5) is 18.7. The maximum atomic E-state index is 12.7. The molecular formula is C17H15F3N2O4. The Hall–Kier alpha value is -3.10. The molecule has 1 heterocycles. The average Bonchev–Trinajstić information content (AvgIpc) is 2.64. The second kappa shape index (κ2) is 8.32. The van der Waals surface area contributed by atoms with Gasteiger partial charge in [0.25, 0.3) is 0 Å². The van der Waals surface area contributed by atoms with Gasteiger partial charge in [0.05, 0.1) is 26.7 Å². The normalized spacial score (nSPS) is 16.3. The van der Waals surface area contributed by atoms with Gasteiger partial charge in [0.1, 0.15) is 11.9 Å². The molecule has 0 N–H and O–H groups in total. The molecule has 0 spiro atoms. The van der Waals surface area contributed by atoms with Crippen LogP contribution in [0.25, 0.3) is 0 Å². The second-order valence-electron chi connectivity index (χ2n) is 4.97. The highest BCUT2D eigenvalue weighted by molar-refractivity contribution is 5.95. The van der Waals surface area contributed by atoms with Crippen molar-refractivity contribution >= 4 is 5.97 Å². The van der Waals surface area contributed by atoms with E-state index in [0.29, 0.717) is 23.6 Å². The Morgan fingerprint density at radius 3 is 2.69 bits per heavy atom. The Morgan fingerprint density at radius 2 is 2.04 bits per heavy atom. The number of alkyl halides is 3. The summed E-state index contributed by atoms with van der Waals surface area (Å²) in [5.74, 6) is -0.898. The number of hydrogen-bond donors (Lipinski definition) is 0. The van der Waals surface area contributed by atoms with Crippen LogP contribution < -0.4 is 4.74 Å². The fraction of sp³-hybridized carbons (Fsp3) is 0.235. The van der Waals surface area contributed by atoms with E-state index in [4.69, 9.17) is 14.2 Å². The van der Waals surface area contributed by atoms with Gasteiger partial charge in [-0.05, 0) is 17.6 Å². The fourth-order valence-electron chi connectivity index (χ4n) is 2.09. The zero-order valence-electron chi connectivity index (χ0n) is 13.9. The van der Waals surface area contributed by atoms with Crippen LogP contribution in [-0.2, 0) is 20.4 Å². The first-order valence-corrected chi connectivity index (χ1v) is 7.30. The molecule has 0 atom stereocenters. The number of carbonyl (C=O) groups excluding carboxylic acids is 1. The van der Waals surface area contributed by atoms with Crippen LogP contribution in [0.4, 0.5) is 13.2 Å². The van der Waals surface area contributed by atoms with E-state index in [1.165, 1.54) is 26.7 Å². The second-order valence-corrected chi connectivity index (χ2v) is 4.97. The molecule has 1 aromatic rings. The molecule has 2 rings (SSSR count). The van der Waals surface area contributed by atoms with Gasteiger partial charge < -0.3 is 14.2 Å². The van der Waals surface area contributed by atoms with E-state index in [9.17, 15) is 18.0 Å². The van der Waals surface area contributed by atoms with Gasteiger partial charge >= 0.3 is 12.1 Å². The molecule has 0 unspecified atom stereocenters. The summed E-state index contributed by atoms with van der Waals surface area (Å²) in [6.45, 7) is 0. The predicted octanol–water partition coefficient (Wildman–Crippen LogP) is 3.35. The summed E-state index contributed by atoms with van der Waals surface area (Å²) >= 11 is 0. The molecule has 0 aliphatic heterocycles. The van der Waals surface area contributed by atoms with Crippen molar-refractivity contribution in [3.63, 3.8) is 0 Å². The molecule has 0 radical (unpaired) electrons. The number of nitrogens with zero attached hydrogens (tertiary/aromatic N) is 2. The van der Waals surface area contributed by atoms with Gasteiger partial charge in [-0.1, -0.05) is 18.2 Å². The Morgan fingerprint density at radius 1 is 1.27 bits per heavy atom. The summed E-state index contributed by atoms with van der Waals surface area (Å²) in [5.41, 5.74) is 0.0299. The van der Waals surface area contributed by atoms with Gasteiger partial charge in [-0.25, -0.2) is 14.8 Å². The van der Waals surface area contributed by atoms with Crippen LogP contribution in [-0.4, -0.2) is 30.2 Å². The molecule has 0 fully saturated rings. The van der Waals surface area contributed by atoms with Crippen LogP contribution in [0.5, 0.6) is 5.88 Å². The molecule has 0 saturated heterocycles. The van der Waals surface area contributed by atoms with Gasteiger partial charge in [0, 0.05) is 6.07 Å². The van der Waals surface area contributed by atoms with Gasteiger partial charge in [-0.3, -0.25) is 0 Å². The van der Waals surface area contributed by atoms with Crippen molar-refractivity contribution in [2.75, 3.05) is 14.2 Å². The first-order valence-electron chi connectivity index (χ1n) is 7.30. The van der Waals surface area contributed by atoms with E-state index in [0.717, 1.165) is 6.33 Å². The van der Waals surface area contributed by atoms with Crippen molar-refractivity contribution in [2.24, 2.45) is 0 Å². The molecule has 9 heteroatoms. The largest absolute Gasteiger partial charge is 0.503 e. The minimum atomic E-state index is -4.61. The topological polar surface area (TPSA) is 70.5 Å². The molecular weight excluding hydrogens is 353 g/mol. The van der Waals surface area contributed by atoms with Crippen molar-refractivity contribution in [2.45, 2.75) is 12.6 Å². The molecule has 0 bridgehead atoms. The lowest BCUT2D eigenvalue weighted by atomic mass is 9.93.